The van der Waals surface area contributed by atoms with Gasteiger partial charge in [-0.15, -0.1) is 10.2 Å². The fraction of sp³-hybridized carbons (Fsp3) is 0.200. The summed E-state index contributed by atoms with van der Waals surface area (Å²) in [7, 11) is 0. The van der Waals surface area contributed by atoms with Gasteiger partial charge in [0.15, 0.2) is 5.82 Å². The van der Waals surface area contributed by atoms with Gasteiger partial charge in [0.25, 0.3) is 0 Å². The Morgan fingerprint density at radius 3 is 2.93 bits per heavy atom. The maximum atomic E-state index is 9.30. The molecule has 0 saturated carbocycles. The van der Waals surface area contributed by atoms with Crippen molar-refractivity contribution in [2.45, 2.75) is 13.5 Å². The third-order valence-corrected chi connectivity index (χ3v) is 2.24. The summed E-state index contributed by atoms with van der Waals surface area (Å²) in [6.45, 7) is 2.81. The maximum absolute atomic E-state index is 9.30. The molecule has 5 heteroatoms. The Labute approximate surface area is 87.2 Å². The van der Waals surface area contributed by atoms with E-state index in [-0.39, 0.29) is 5.75 Å². The summed E-state index contributed by atoms with van der Waals surface area (Å²) in [4.78, 5) is 0. The molecule has 3 N–H and O–H groups in total. The lowest BCUT2D eigenvalue weighted by atomic mass is 10.2. The van der Waals surface area contributed by atoms with Gasteiger partial charge in [0.1, 0.15) is 12.1 Å². The van der Waals surface area contributed by atoms with Crippen LogP contribution in [0, 0.1) is 0 Å². The number of hydrogen-bond acceptors (Lipinski definition) is 4. The van der Waals surface area contributed by atoms with Gasteiger partial charge >= 0.3 is 0 Å². The number of phenols is 1. The smallest absolute Gasteiger partial charge is 0.163 e. The number of phenolic OH excluding ortho intramolecular Hbond substituents is 1. The van der Waals surface area contributed by atoms with Gasteiger partial charge in [-0.05, 0) is 25.1 Å². The Hall–Kier alpha value is -2.04. The fourth-order valence-electron chi connectivity index (χ4n) is 1.40. The highest BCUT2D eigenvalue weighted by molar-refractivity contribution is 5.65. The van der Waals surface area contributed by atoms with Gasteiger partial charge < -0.3 is 15.4 Å². The number of nitrogens with zero attached hydrogens (tertiary/aromatic N) is 3. The first-order chi connectivity index (χ1) is 7.22. The molecule has 0 aliphatic heterocycles. The SMILES string of the molecule is CCn1cnnc1-c1ccc(O)c(N)c1. The van der Waals surface area contributed by atoms with Crippen LogP contribution < -0.4 is 5.73 Å². The van der Waals surface area contributed by atoms with Crippen LogP contribution in [-0.4, -0.2) is 19.9 Å². The fourth-order valence-corrected chi connectivity index (χ4v) is 1.40. The predicted octanol–water partition coefficient (Wildman–Crippen LogP) is 1.25. The van der Waals surface area contributed by atoms with Crippen LogP contribution in [0.1, 0.15) is 6.92 Å². The van der Waals surface area contributed by atoms with E-state index in [1.54, 1.807) is 24.5 Å². The molecule has 0 amide bonds. The highest BCUT2D eigenvalue weighted by Crippen LogP contribution is 2.26. The van der Waals surface area contributed by atoms with Crippen molar-refractivity contribution in [2.75, 3.05) is 5.73 Å². The van der Waals surface area contributed by atoms with Crippen LogP contribution in [0.15, 0.2) is 24.5 Å². The Kier molecular flexibility index (Phi) is 2.29. The molecular weight excluding hydrogens is 192 g/mol. The normalized spacial score (nSPS) is 10.5. The monoisotopic (exact) mass is 204 g/mol. The van der Waals surface area contributed by atoms with Crippen molar-refractivity contribution < 1.29 is 5.11 Å². The number of anilines is 1. The molecule has 15 heavy (non-hydrogen) atoms. The summed E-state index contributed by atoms with van der Waals surface area (Å²) in [5.74, 6) is 0.838. The molecule has 0 fully saturated rings. The Morgan fingerprint density at radius 1 is 1.47 bits per heavy atom. The largest absolute Gasteiger partial charge is 0.506 e. The van der Waals surface area contributed by atoms with Crippen molar-refractivity contribution in [1.82, 2.24) is 14.8 Å². The first kappa shape index (κ1) is 9.51. The summed E-state index contributed by atoms with van der Waals surface area (Å²) in [5.41, 5.74) is 6.81. The molecule has 0 aliphatic carbocycles. The van der Waals surface area contributed by atoms with Crippen molar-refractivity contribution in [3.05, 3.63) is 24.5 Å². The maximum Gasteiger partial charge on any atom is 0.163 e. The van der Waals surface area contributed by atoms with Crippen molar-refractivity contribution >= 4 is 5.69 Å². The summed E-state index contributed by atoms with van der Waals surface area (Å²) in [6.07, 6.45) is 1.67. The predicted molar refractivity (Wildman–Crippen MR) is 57.2 cm³/mol. The van der Waals surface area contributed by atoms with Crippen molar-refractivity contribution in [3.63, 3.8) is 0 Å². The molecule has 2 rings (SSSR count). The second-order valence-corrected chi connectivity index (χ2v) is 3.21. The molecule has 0 saturated heterocycles. The lowest BCUT2D eigenvalue weighted by molar-refractivity contribution is 0.478. The minimum atomic E-state index is 0.0845. The summed E-state index contributed by atoms with van der Waals surface area (Å²) >= 11 is 0. The zero-order valence-electron chi connectivity index (χ0n) is 8.38. The van der Waals surface area contributed by atoms with Crippen molar-refractivity contribution in [2.24, 2.45) is 0 Å². The van der Waals surface area contributed by atoms with Crippen LogP contribution in [0.2, 0.25) is 0 Å². The molecule has 0 unspecified atom stereocenters. The molecule has 5 nitrogen and oxygen atoms in total. The van der Waals surface area contributed by atoms with E-state index in [9.17, 15) is 5.11 Å². The molecule has 1 aromatic carbocycles. The third kappa shape index (κ3) is 1.63. The lowest BCUT2D eigenvalue weighted by Crippen LogP contribution is -1.96. The van der Waals surface area contributed by atoms with E-state index < -0.39 is 0 Å². The van der Waals surface area contributed by atoms with E-state index in [1.807, 2.05) is 11.5 Å². The van der Waals surface area contributed by atoms with E-state index in [0.717, 1.165) is 17.9 Å². The number of rotatable bonds is 2. The van der Waals surface area contributed by atoms with Crippen LogP contribution in [0.4, 0.5) is 5.69 Å². The van der Waals surface area contributed by atoms with Crippen LogP contribution in [0.3, 0.4) is 0 Å². The highest BCUT2D eigenvalue weighted by Gasteiger charge is 2.07. The topological polar surface area (TPSA) is 77.0 Å². The van der Waals surface area contributed by atoms with E-state index in [0.29, 0.717) is 5.69 Å². The molecule has 0 bridgehead atoms. The standard InChI is InChI=1S/C10H12N4O/c1-2-14-6-12-13-10(14)7-3-4-9(15)8(11)5-7/h3-6,15H,2,11H2,1H3. The first-order valence-electron chi connectivity index (χ1n) is 4.69. The lowest BCUT2D eigenvalue weighted by Gasteiger charge is -2.04. The van der Waals surface area contributed by atoms with Gasteiger partial charge in [-0.3, -0.25) is 0 Å². The van der Waals surface area contributed by atoms with E-state index in [2.05, 4.69) is 10.2 Å². The molecule has 1 heterocycles. The highest BCUT2D eigenvalue weighted by atomic mass is 16.3. The first-order valence-corrected chi connectivity index (χ1v) is 4.69. The minimum absolute atomic E-state index is 0.0845. The number of nitrogen functional groups attached to an aromatic ring is 1. The van der Waals surface area contributed by atoms with E-state index in [1.165, 1.54) is 0 Å². The average Bonchev–Trinajstić information content (AvgIpc) is 2.70. The van der Waals surface area contributed by atoms with Gasteiger partial charge in [0.2, 0.25) is 0 Å². The second kappa shape index (κ2) is 3.61. The zero-order valence-corrected chi connectivity index (χ0v) is 8.38. The number of benzene rings is 1. The Morgan fingerprint density at radius 2 is 2.27 bits per heavy atom. The molecule has 0 spiro atoms. The third-order valence-electron chi connectivity index (χ3n) is 2.24. The number of aromatic nitrogens is 3. The number of nitrogens with two attached hydrogens (primary N) is 1. The molecule has 0 radical (unpaired) electrons. The zero-order chi connectivity index (χ0) is 10.8. The van der Waals surface area contributed by atoms with Gasteiger partial charge in [-0.25, -0.2) is 0 Å². The number of hydrogen-bond donors (Lipinski definition) is 2. The van der Waals surface area contributed by atoms with Crippen LogP contribution in [0.25, 0.3) is 11.4 Å². The van der Waals surface area contributed by atoms with Gasteiger partial charge in [-0.2, -0.15) is 0 Å². The average molecular weight is 204 g/mol. The van der Waals surface area contributed by atoms with Crippen LogP contribution >= 0.6 is 0 Å². The minimum Gasteiger partial charge on any atom is -0.506 e. The van der Waals surface area contributed by atoms with Crippen molar-refractivity contribution in [1.29, 1.82) is 0 Å². The molecule has 0 atom stereocenters. The van der Waals surface area contributed by atoms with Crippen LogP contribution in [-0.2, 0) is 6.54 Å². The molecule has 1 aromatic heterocycles. The number of aryl methyl sites for hydroxylation is 1. The van der Waals surface area contributed by atoms with E-state index >= 15 is 0 Å². The summed E-state index contributed by atoms with van der Waals surface area (Å²) < 4.78 is 1.91. The molecular formula is C10H12N4O. The summed E-state index contributed by atoms with van der Waals surface area (Å²) in [6, 6.07) is 5.01. The van der Waals surface area contributed by atoms with Gasteiger partial charge in [0.05, 0.1) is 5.69 Å². The second-order valence-electron chi connectivity index (χ2n) is 3.21. The van der Waals surface area contributed by atoms with Gasteiger partial charge in [0, 0.05) is 12.1 Å². The molecule has 0 aliphatic rings. The number of aromatic hydroxyl groups is 1. The molecule has 78 valence electrons. The Bertz CT molecular complexity index is 478. The van der Waals surface area contributed by atoms with Crippen molar-refractivity contribution in [3.8, 4) is 17.1 Å². The van der Waals surface area contributed by atoms with Crippen LogP contribution in [0.5, 0.6) is 5.75 Å². The summed E-state index contributed by atoms with van der Waals surface area (Å²) in [5, 5.41) is 17.1. The van der Waals surface area contributed by atoms with Gasteiger partial charge in [-0.1, -0.05) is 0 Å². The Balaban J connectivity index is 2.50. The quantitative estimate of drug-likeness (QED) is 0.570. The molecule has 2 aromatic rings. The van der Waals surface area contributed by atoms with E-state index in [4.69, 9.17) is 5.73 Å².